The molecule has 1 unspecified atom stereocenters. The fourth-order valence-corrected chi connectivity index (χ4v) is 1.77. The number of nitrogens with zero attached hydrogens (tertiary/aromatic N) is 1. The zero-order valence-electron chi connectivity index (χ0n) is 9.96. The van der Waals surface area contributed by atoms with Gasteiger partial charge in [0.2, 0.25) is 0 Å². The van der Waals surface area contributed by atoms with Gasteiger partial charge in [-0.05, 0) is 32.0 Å². The lowest BCUT2D eigenvalue weighted by molar-refractivity contribution is 0.536. The molecule has 3 heteroatoms. The van der Waals surface area contributed by atoms with Crippen LogP contribution in [0, 0.1) is 0 Å². The summed E-state index contributed by atoms with van der Waals surface area (Å²) in [5.74, 6) is 1.03. The zero-order valence-corrected chi connectivity index (χ0v) is 9.96. The van der Waals surface area contributed by atoms with E-state index >= 15 is 0 Å². The largest absolute Gasteiger partial charge is 0.341 e. The predicted octanol–water partition coefficient (Wildman–Crippen LogP) is 3.01. The van der Waals surface area contributed by atoms with Crippen molar-refractivity contribution in [2.45, 2.75) is 32.7 Å². The van der Waals surface area contributed by atoms with E-state index in [4.69, 9.17) is 0 Å². The van der Waals surface area contributed by atoms with Crippen molar-refractivity contribution in [3.05, 3.63) is 30.1 Å². The number of imidazole rings is 1. The number of para-hydroxylation sites is 2. The van der Waals surface area contributed by atoms with E-state index in [0.29, 0.717) is 6.04 Å². The number of nitrogens with one attached hydrogen (secondary N) is 2. The van der Waals surface area contributed by atoms with Crippen molar-refractivity contribution in [2.75, 3.05) is 6.54 Å². The molecule has 2 aromatic rings. The fourth-order valence-electron chi connectivity index (χ4n) is 1.77. The van der Waals surface area contributed by atoms with Gasteiger partial charge >= 0.3 is 0 Å². The molecule has 0 aliphatic heterocycles. The number of rotatable bonds is 5. The summed E-state index contributed by atoms with van der Waals surface area (Å²) in [5.41, 5.74) is 2.16. The smallest absolute Gasteiger partial charge is 0.124 e. The van der Waals surface area contributed by atoms with Crippen LogP contribution < -0.4 is 5.32 Å². The lowest BCUT2D eigenvalue weighted by atomic mass is 10.3. The van der Waals surface area contributed by atoms with Gasteiger partial charge in [-0.2, -0.15) is 0 Å². The summed E-state index contributed by atoms with van der Waals surface area (Å²) in [5, 5.41) is 3.47. The summed E-state index contributed by atoms with van der Waals surface area (Å²) in [6, 6.07) is 8.43. The van der Waals surface area contributed by atoms with E-state index in [1.165, 1.54) is 12.8 Å². The zero-order chi connectivity index (χ0) is 11.4. The van der Waals surface area contributed by atoms with Crippen molar-refractivity contribution < 1.29 is 0 Å². The van der Waals surface area contributed by atoms with E-state index in [9.17, 15) is 0 Å². The molecule has 1 aromatic carbocycles. The van der Waals surface area contributed by atoms with Crippen molar-refractivity contribution in [3.63, 3.8) is 0 Å². The Morgan fingerprint density at radius 2 is 2.19 bits per heavy atom. The van der Waals surface area contributed by atoms with Gasteiger partial charge in [-0.3, -0.25) is 0 Å². The van der Waals surface area contributed by atoms with E-state index in [1.807, 2.05) is 18.2 Å². The van der Waals surface area contributed by atoms with Crippen molar-refractivity contribution in [3.8, 4) is 0 Å². The van der Waals surface area contributed by atoms with Gasteiger partial charge in [0.1, 0.15) is 5.82 Å². The van der Waals surface area contributed by atoms with Crippen LogP contribution in [-0.2, 0) is 0 Å². The van der Waals surface area contributed by atoms with E-state index in [2.05, 4.69) is 35.2 Å². The van der Waals surface area contributed by atoms with Crippen LogP contribution in [0.2, 0.25) is 0 Å². The highest BCUT2D eigenvalue weighted by molar-refractivity contribution is 5.74. The first-order chi connectivity index (χ1) is 7.81. The number of fused-ring (bicyclic) bond motifs is 1. The molecule has 0 spiro atoms. The third kappa shape index (κ3) is 2.42. The average molecular weight is 217 g/mol. The molecule has 0 radical (unpaired) electrons. The Bertz CT molecular complexity index is 414. The molecule has 2 N–H and O–H groups in total. The van der Waals surface area contributed by atoms with Gasteiger partial charge in [-0.25, -0.2) is 4.98 Å². The molecule has 1 atom stereocenters. The Balaban J connectivity index is 2.07. The number of benzene rings is 1. The first-order valence-electron chi connectivity index (χ1n) is 5.99. The molecule has 0 amide bonds. The molecular weight excluding hydrogens is 198 g/mol. The number of aromatic amines is 1. The summed E-state index contributed by atoms with van der Waals surface area (Å²) in [6.45, 7) is 5.40. The summed E-state index contributed by atoms with van der Waals surface area (Å²) < 4.78 is 0. The summed E-state index contributed by atoms with van der Waals surface area (Å²) in [6.07, 6.45) is 2.43. The average Bonchev–Trinajstić information content (AvgIpc) is 2.73. The van der Waals surface area contributed by atoms with Gasteiger partial charge in [0.15, 0.2) is 0 Å². The monoisotopic (exact) mass is 217 g/mol. The van der Waals surface area contributed by atoms with Crippen LogP contribution in [-0.4, -0.2) is 16.5 Å². The van der Waals surface area contributed by atoms with Crippen LogP contribution in [0.25, 0.3) is 11.0 Å². The highest BCUT2D eigenvalue weighted by atomic mass is 15.0. The third-order valence-corrected chi connectivity index (χ3v) is 2.80. The molecule has 2 rings (SSSR count). The van der Waals surface area contributed by atoms with Crippen molar-refractivity contribution in [2.24, 2.45) is 0 Å². The lowest BCUT2D eigenvalue weighted by Gasteiger charge is -2.10. The second-order valence-corrected chi connectivity index (χ2v) is 4.17. The van der Waals surface area contributed by atoms with Crippen LogP contribution in [0.5, 0.6) is 0 Å². The maximum atomic E-state index is 4.57. The Morgan fingerprint density at radius 3 is 2.94 bits per heavy atom. The molecule has 0 aliphatic carbocycles. The highest BCUT2D eigenvalue weighted by Crippen LogP contribution is 2.15. The molecule has 1 aromatic heterocycles. The number of hydrogen-bond acceptors (Lipinski definition) is 2. The maximum Gasteiger partial charge on any atom is 0.124 e. The molecule has 0 bridgehead atoms. The molecular formula is C13H19N3. The predicted molar refractivity (Wildman–Crippen MR) is 67.4 cm³/mol. The molecule has 0 fully saturated rings. The Morgan fingerprint density at radius 1 is 1.38 bits per heavy atom. The minimum Gasteiger partial charge on any atom is -0.341 e. The fraction of sp³-hybridized carbons (Fsp3) is 0.462. The minimum atomic E-state index is 0.291. The van der Waals surface area contributed by atoms with Gasteiger partial charge in [-0.15, -0.1) is 0 Å². The van der Waals surface area contributed by atoms with Crippen molar-refractivity contribution in [1.82, 2.24) is 15.3 Å². The molecule has 0 saturated carbocycles. The van der Waals surface area contributed by atoms with Crippen LogP contribution in [0.15, 0.2) is 24.3 Å². The summed E-state index contributed by atoms with van der Waals surface area (Å²) >= 11 is 0. The quantitative estimate of drug-likeness (QED) is 0.756. The molecule has 1 heterocycles. The summed E-state index contributed by atoms with van der Waals surface area (Å²) in [4.78, 5) is 7.92. The number of hydrogen-bond donors (Lipinski definition) is 2. The number of H-pyrrole nitrogens is 1. The first kappa shape index (κ1) is 11.1. The minimum absolute atomic E-state index is 0.291. The SMILES string of the molecule is CCCCNC(C)c1nc2ccccc2[nH]1. The maximum absolute atomic E-state index is 4.57. The van der Waals surface area contributed by atoms with Crippen molar-refractivity contribution >= 4 is 11.0 Å². The Labute approximate surface area is 96.3 Å². The van der Waals surface area contributed by atoms with Crippen molar-refractivity contribution in [1.29, 1.82) is 0 Å². The van der Waals surface area contributed by atoms with Crippen LogP contribution in [0.3, 0.4) is 0 Å². The number of unbranched alkanes of at least 4 members (excludes halogenated alkanes) is 1. The van der Waals surface area contributed by atoms with Gasteiger partial charge in [-0.1, -0.05) is 25.5 Å². The van der Waals surface area contributed by atoms with E-state index in [-0.39, 0.29) is 0 Å². The van der Waals surface area contributed by atoms with Gasteiger partial charge in [0.25, 0.3) is 0 Å². The molecule has 16 heavy (non-hydrogen) atoms. The normalized spacial score (nSPS) is 13.1. The van der Waals surface area contributed by atoms with Crippen LogP contribution >= 0.6 is 0 Å². The van der Waals surface area contributed by atoms with E-state index < -0.39 is 0 Å². The topological polar surface area (TPSA) is 40.7 Å². The van der Waals surface area contributed by atoms with Crippen LogP contribution in [0.4, 0.5) is 0 Å². The standard InChI is InChI=1S/C13H19N3/c1-3-4-9-14-10(2)13-15-11-7-5-6-8-12(11)16-13/h5-8,10,14H,3-4,9H2,1-2H3,(H,15,16). The Kier molecular flexibility index (Phi) is 3.57. The van der Waals surface area contributed by atoms with Crippen LogP contribution in [0.1, 0.15) is 38.6 Å². The molecule has 0 saturated heterocycles. The van der Waals surface area contributed by atoms with Gasteiger partial charge in [0.05, 0.1) is 17.1 Å². The second-order valence-electron chi connectivity index (χ2n) is 4.17. The Hall–Kier alpha value is -1.35. The third-order valence-electron chi connectivity index (χ3n) is 2.80. The molecule has 0 aliphatic rings. The highest BCUT2D eigenvalue weighted by Gasteiger charge is 2.08. The van der Waals surface area contributed by atoms with Gasteiger partial charge < -0.3 is 10.3 Å². The summed E-state index contributed by atoms with van der Waals surface area (Å²) in [7, 11) is 0. The lowest BCUT2D eigenvalue weighted by Crippen LogP contribution is -2.20. The molecule has 3 nitrogen and oxygen atoms in total. The first-order valence-corrected chi connectivity index (χ1v) is 5.99. The van der Waals surface area contributed by atoms with E-state index in [1.54, 1.807) is 0 Å². The van der Waals surface area contributed by atoms with Gasteiger partial charge in [0, 0.05) is 0 Å². The molecule has 86 valence electrons. The number of aromatic nitrogens is 2. The second kappa shape index (κ2) is 5.12. The van der Waals surface area contributed by atoms with E-state index in [0.717, 1.165) is 23.4 Å².